The van der Waals surface area contributed by atoms with Gasteiger partial charge >= 0.3 is 6.03 Å². The fraction of sp³-hybridized carbons (Fsp3) is 0.294. The molecule has 3 heterocycles. The molecule has 0 bridgehead atoms. The highest BCUT2D eigenvalue weighted by molar-refractivity contribution is 6.42. The van der Waals surface area contributed by atoms with Crippen LogP contribution in [0.5, 0.6) is 0 Å². The first-order valence-electron chi connectivity index (χ1n) is 7.82. The first kappa shape index (κ1) is 15.5. The van der Waals surface area contributed by atoms with Crippen molar-refractivity contribution >= 4 is 35.1 Å². The molecule has 1 fully saturated rings. The Balaban J connectivity index is 1.75. The third kappa shape index (κ3) is 2.39. The van der Waals surface area contributed by atoms with Gasteiger partial charge < -0.3 is 4.90 Å². The van der Waals surface area contributed by atoms with E-state index in [2.05, 4.69) is 5.10 Å². The molecule has 1 aromatic heterocycles. The monoisotopic (exact) mass is 362 g/mol. The van der Waals surface area contributed by atoms with Gasteiger partial charge in [0.1, 0.15) is 5.82 Å². The lowest BCUT2D eigenvalue weighted by Crippen LogP contribution is -2.50. The molecule has 2 aliphatic rings. The van der Waals surface area contributed by atoms with Gasteiger partial charge in [-0.2, -0.15) is 5.10 Å². The van der Waals surface area contributed by atoms with E-state index >= 15 is 0 Å². The third-order valence-electron chi connectivity index (χ3n) is 4.50. The maximum Gasteiger partial charge on any atom is 0.330 e. The Hall–Kier alpha value is -1.98. The molecule has 7 heteroatoms. The van der Waals surface area contributed by atoms with Gasteiger partial charge in [0.2, 0.25) is 0 Å². The quantitative estimate of drug-likeness (QED) is 0.757. The van der Waals surface area contributed by atoms with Gasteiger partial charge in [-0.05, 0) is 37.1 Å². The van der Waals surface area contributed by atoms with E-state index in [0.29, 0.717) is 10.0 Å². The Morgan fingerprint density at radius 1 is 1.21 bits per heavy atom. The summed E-state index contributed by atoms with van der Waals surface area (Å²) in [6, 6.07) is 7.30. The molecule has 124 valence electrons. The van der Waals surface area contributed by atoms with Crippen molar-refractivity contribution in [2.75, 3.05) is 18.0 Å². The second-order valence-corrected chi connectivity index (χ2v) is 6.83. The van der Waals surface area contributed by atoms with E-state index in [-0.39, 0.29) is 12.1 Å². The number of urea groups is 1. The van der Waals surface area contributed by atoms with Gasteiger partial charge in [-0.15, -0.1) is 0 Å². The van der Waals surface area contributed by atoms with Crippen LogP contribution >= 0.6 is 23.2 Å². The van der Waals surface area contributed by atoms with Crippen LogP contribution in [0.3, 0.4) is 0 Å². The molecular weight excluding hydrogens is 347 g/mol. The van der Waals surface area contributed by atoms with Crippen molar-refractivity contribution in [2.24, 2.45) is 0 Å². The SMILES string of the molecule is CC1=CC(c2ccc(Cl)c(Cl)c2)n2nccc2N1C(=O)N1CCC1. The number of amides is 2. The third-order valence-corrected chi connectivity index (χ3v) is 5.24. The lowest BCUT2D eigenvalue weighted by molar-refractivity contribution is 0.175. The number of hydrogen-bond acceptors (Lipinski definition) is 2. The minimum absolute atomic E-state index is 0.00402. The van der Waals surface area contributed by atoms with E-state index in [1.807, 2.05) is 40.8 Å². The van der Waals surface area contributed by atoms with Crippen molar-refractivity contribution < 1.29 is 4.79 Å². The fourth-order valence-corrected chi connectivity index (χ4v) is 3.39. The van der Waals surface area contributed by atoms with Gasteiger partial charge in [0.25, 0.3) is 0 Å². The topological polar surface area (TPSA) is 41.4 Å². The summed E-state index contributed by atoms with van der Waals surface area (Å²) >= 11 is 12.2. The van der Waals surface area contributed by atoms with Gasteiger partial charge in [0.05, 0.1) is 22.3 Å². The number of benzene rings is 1. The number of aromatic nitrogens is 2. The van der Waals surface area contributed by atoms with Crippen LogP contribution in [-0.2, 0) is 0 Å². The highest BCUT2D eigenvalue weighted by Crippen LogP contribution is 2.36. The Labute approximate surface area is 150 Å². The Kier molecular flexibility index (Phi) is 3.77. The molecule has 2 aromatic rings. The molecule has 24 heavy (non-hydrogen) atoms. The number of carbonyl (C=O) groups is 1. The van der Waals surface area contributed by atoms with Crippen molar-refractivity contribution in [1.82, 2.24) is 14.7 Å². The molecule has 0 aliphatic carbocycles. The number of fused-ring (bicyclic) bond motifs is 1. The number of halogens is 2. The number of allylic oxidation sites excluding steroid dienone is 2. The summed E-state index contributed by atoms with van der Waals surface area (Å²) in [5, 5.41) is 5.45. The minimum atomic E-state index is -0.120. The molecule has 0 radical (unpaired) electrons. The van der Waals surface area contributed by atoms with E-state index in [4.69, 9.17) is 23.2 Å². The van der Waals surface area contributed by atoms with Gasteiger partial charge in [-0.25, -0.2) is 9.48 Å². The number of hydrogen-bond donors (Lipinski definition) is 0. The smallest absolute Gasteiger partial charge is 0.324 e. The maximum absolute atomic E-state index is 12.7. The summed E-state index contributed by atoms with van der Waals surface area (Å²) < 4.78 is 1.84. The van der Waals surface area contributed by atoms with Crippen LogP contribution in [0, 0.1) is 0 Å². The molecule has 5 nitrogen and oxygen atoms in total. The first-order chi connectivity index (χ1) is 11.6. The molecule has 2 aliphatic heterocycles. The van der Waals surface area contributed by atoms with Crippen LogP contribution in [0.4, 0.5) is 10.6 Å². The number of rotatable bonds is 1. The second kappa shape index (κ2) is 5.83. The average molecular weight is 363 g/mol. The van der Waals surface area contributed by atoms with E-state index in [1.54, 1.807) is 17.2 Å². The van der Waals surface area contributed by atoms with Crippen molar-refractivity contribution in [3.8, 4) is 0 Å². The summed E-state index contributed by atoms with van der Waals surface area (Å²) in [6.07, 6.45) is 4.80. The molecule has 0 N–H and O–H groups in total. The van der Waals surface area contributed by atoms with Crippen LogP contribution in [0.15, 0.2) is 42.2 Å². The highest BCUT2D eigenvalue weighted by atomic mass is 35.5. The average Bonchev–Trinajstić information content (AvgIpc) is 2.96. The number of anilines is 1. The van der Waals surface area contributed by atoms with Crippen LogP contribution in [0.2, 0.25) is 10.0 Å². The largest absolute Gasteiger partial charge is 0.330 e. The van der Waals surface area contributed by atoms with Crippen LogP contribution in [0.25, 0.3) is 0 Å². The molecule has 2 amide bonds. The maximum atomic E-state index is 12.7. The number of carbonyl (C=O) groups excluding carboxylic acids is 1. The summed E-state index contributed by atoms with van der Waals surface area (Å²) in [5.74, 6) is 0.767. The normalized spacial score (nSPS) is 19.6. The zero-order chi connectivity index (χ0) is 16.8. The lowest BCUT2D eigenvalue weighted by Gasteiger charge is -2.38. The van der Waals surface area contributed by atoms with Gasteiger partial charge in [0, 0.05) is 24.9 Å². The molecule has 0 spiro atoms. The van der Waals surface area contributed by atoms with E-state index in [9.17, 15) is 4.79 Å². The summed E-state index contributed by atoms with van der Waals surface area (Å²) in [4.78, 5) is 16.3. The summed E-state index contributed by atoms with van der Waals surface area (Å²) in [7, 11) is 0. The summed E-state index contributed by atoms with van der Waals surface area (Å²) in [5.41, 5.74) is 1.86. The number of likely N-dealkylation sites (tertiary alicyclic amines) is 1. The summed E-state index contributed by atoms with van der Waals surface area (Å²) in [6.45, 7) is 3.57. The number of nitrogens with zero attached hydrogens (tertiary/aromatic N) is 4. The zero-order valence-corrected chi connectivity index (χ0v) is 14.6. The zero-order valence-electron chi connectivity index (χ0n) is 13.1. The van der Waals surface area contributed by atoms with Crippen LogP contribution in [-0.4, -0.2) is 33.8 Å². The first-order valence-corrected chi connectivity index (χ1v) is 8.58. The molecule has 4 rings (SSSR count). The van der Waals surface area contributed by atoms with Crippen molar-refractivity contribution in [3.63, 3.8) is 0 Å². The predicted octanol–water partition coefficient (Wildman–Crippen LogP) is 4.33. The second-order valence-electron chi connectivity index (χ2n) is 6.02. The van der Waals surface area contributed by atoms with Crippen LogP contribution < -0.4 is 4.90 Å². The Morgan fingerprint density at radius 2 is 2.00 bits per heavy atom. The Morgan fingerprint density at radius 3 is 2.67 bits per heavy atom. The fourth-order valence-electron chi connectivity index (χ4n) is 3.08. The van der Waals surface area contributed by atoms with Gasteiger partial charge in [0.15, 0.2) is 0 Å². The molecule has 1 unspecified atom stereocenters. The van der Waals surface area contributed by atoms with Gasteiger partial charge in [-0.1, -0.05) is 29.3 Å². The van der Waals surface area contributed by atoms with Crippen molar-refractivity contribution in [1.29, 1.82) is 0 Å². The van der Waals surface area contributed by atoms with E-state index < -0.39 is 0 Å². The Bertz CT molecular complexity index is 841. The molecule has 0 saturated carbocycles. The molecule has 1 saturated heterocycles. The predicted molar refractivity (Wildman–Crippen MR) is 94.7 cm³/mol. The molecule has 1 atom stereocenters. The van der Waals surface area contributed by atoms with E-state index in [1.165, 1.54) is 0 Å². The van der Waals surface area contributed by atoms with Crippen LogP contribution in [0.1, 0.15) is 24.9 Å². The highest BCUT2D eigenvalue weighted by Gasteiger charge is 2.34. The van der Waals surface area contributed by atoms with Crippen molar-refractivity contribution in [2.45, 2.75) is 19.4 Å². The molecule has 1 aromatic carbocycles. The minimum Gasteiger partial charge on any atom is -0.324 e. The van der Waals surface area contributed by atoms with E-state index in [0.717, 1.165) is 36.6 Å². The van der Waals surface area contributed by atoms with Crippen molar-refractivity contribution in [3.05, 3.63) is 57.8 Å². The lowest BCUT2D eigenvalue weighted by atomic mass is 10.0. The van der Waals surface area contributed by atoms with Gasteiger partial charge in [-0.3, -0.25) is 4.90 Å². The molecular formula is C17H16Cl2N4O. The standard InChI is InChI=1S/C17H16Cl2N4O/c1-11-9-15(12-3-4-13(18)14(19)10-12)23-16(5-6-20-23)22(11)17(24)21-7-2-8-21/h3-6,9-10,15H,2,7-8H2,1H3.